The van der Waals surface area contributed by atoms with E-state index in [0.29, 0.717) is 44.9 Å². The van der Waals surface area contributed by atoms with Crippen molar-refractivity contribution in [3.8, 4) is 107 Å². The molecule has 0 amide bonds. The molecule has 0 aliphatic rings. The van der Waals surface area contributed by atoms with Crippen molar-refractivity contribution in [2.24, 2.45) is 0 Å². The van der Waals surface area contributed by atoms with Crippen LogP contribution < -0.4 is 0 Å². The van der Waals surface area contributed by atoms with Crippen LogP contribution in [0.5, 0.6) is 0 Å². The van der Waals surface area contributed by atoms with Crippen LogP contribution in [-0.4, -0.2) is 24.1 Å². The van der Waals surface area contributed by atoms with Gasteiger partial charge in [-0.1, -0.05) is 212 Å². The Balaban J connectivity index is 0.959. The van der Waals surface area contributed by atoms with Crippen molar-refractivity contribution < 1.29 is 13.2 Å². The molecule has 0 radical (unpaired) electrons. The number of nitrogens with zero attached hydrogens (tertiary/aromatic N) is 6. The maximum absolute atomic E-state index is 15.8. The molecule has 0 aliphatic carbocycles. The van der Waals surface area contributed by atoms with Gasteiger partial charge in [0.25, 0.3) is 0 Å². The average molecular weight is 1110 g/mol. The zero-order valence-electron chi connectivity index (χ0n) is 46.0. The lowest BCUT2D eigenvalue weighted by Crippen LogP contribution is -2.11. The third-order valence-corrected chi connectivity index (χ3v) is 16.3. The van der Waals surface area contributed by atoms with Crippen LogP contribution in [-0.2, 0) is 6.18 Å². The monoisotopic (exact) mass is 1110 g/mol. The Kier molecular flexibility index (Phi) is 12.6. The number of nitriles is 1. The van der Waals surface area contributed by atoms with Gasteiger partial charge in [-0.2, -0.15) is 18.4 Å². The minimum absolute atomic E-state index is 0.0712. The Morgan fingerprint density at radius 1 is 0.291 bits per heavy atom. The van der Waals surface area contributed by atoms with Crippen LogP contribution in [0.4, 0.5) is 13.2 Å². The first-order valence-corrected chi connectivity index (χ1v) is 28.3. The summed E-state index contributed by atoms with van der Waals surface area (Å²) >= 11 is 0. The third-order valence-electron chi connectivity index (χ3n) is 16.3. The lowest BCUT2D eigenvalue weighted by atomic mass is 9.96. The number of hydrogen-bond acceptors (Lipinski definition) is 4. The van der Waals surface area contributed by atoms with Crippen LogP contribution in [0.3, 0.4) is 0 Å². The highest BCUT2D eigenvalue weighted by Crippen LogP contribution is 2.45. The molecule has 15 aromatic rings. The van der Waals surface area contributed by atoms with Crippen molar-refractivity contribution in [2.45, 2.75) is 6.18 Å². The molecule has 0 bridgehead atoms. The van der Waals surface area contributed by atoms with E-state index >= 15 is 13.2 Å². The highest BCUT2D eigenvalue weighted by Gasteiger charge is 2.35. The second-order valence-corrected chi connectivity index (χ2v) is 21.4. The van der Waals surface area contributed by atoms with Crippen molar-refractivity contribution >= 4 is 43.6 Å². The molecule has 0 saturated heterocycles. The number of fused-ring (bicyclic) bond motifs is 6. The number of benzene rings is 12. The first-order chi connectivity index (χ1) is 42.2. The molecule has 6 nitrogen and oxygen atoms in total. The van der Waals surface area contributed by atoms with Crippen molar-refractivity contribution in [2.75, 3.05) is 0 Å². The van der Waals surface area contributed by atoms with E-state index in [1.165, 1.54) is 6.07 Å². The molecule has 3 aromatic heterocycles. The van der Waals surface area contributed by atoms with Gasteiger partial charge in [0.2, 0.25) is 0 Å². The Hall–Kier alpha value is -11.5. The van der Waals surface area contributed by atoms with Crippen molar-refractivity contribution in [1.29, 1.82) is 5.26 Å². The summed E-state index contributed by atoms with van der Waals surface area (Å²) in [5.41, 5.74) is 14.9. The van der Waals surface area contributed by atoms with Gasteiger partial charge in [-0.05, 0) is 117 Å². The SMILES string of the molecule is N#Cc1ccccc1-c1ccc(-c2nc(-c3ccccc3)nc(-c3ccc(C(F)(F)F)c(-n4c5ccc(-c6ccccc6)cc5c5cc(-c6ccccc6)ccc54)c3)n2)cc1-n1c2ccc(-c3ccccc3)cc2c2cc(-c3ccccc3)ccc21. The molecule has 3 heterocycles. The van der Waals surface area contributed by atoms with Crippen LogP contribution in [0.15, 0.2) is 285 Å². The summed E-state index contributed by atoms with van der Waals surface area (Å²) in [6.45, 7) is 0. The summed E-state index contributed by atoms with van der Waals surface area (Å²) in [5.74, 6) is 0.820. The Morgan fingerprint density at radius 3 is 1.01 bits per heavy atom. The molecule has 406 valence electrons. The summed E-state index contributed by atoms with van der Waals surface area (Å²) in [5, 5.41) is 14.3. The predicted molar refractivity (Wildman–Crippen MR) is 342 cm³/mol. The highest BCUT2D eigenvalue weighted by atomic mass is 19.4. The van der Waals surface area contributed by atoms with E-state index in [2.05, 4.69) is 89.5 Å². The first kappa shape index (κ1) is 51.4. The zero-order valence-corrected chi connectivity index (χ0v) is 46.0. The van der Waals surface area contributed by atoms with E-state index in [9.17, 15) is 5.26 Å². The van der Waals surface area contributed by atoms with Gasteiger partial charge in [-0.15, -0.1) is 0 Å². The fourth-order valence-electron chi connectivity index (χ4n) is 12.2. The molecule has 0 fully saturated rings. The van der Waals surface area contributed by atoms with Gasteiger partial charge < -0.3 is 9.13 Å². The number of rotatable bonds is 10. The largest absolute Gasteiger partial charge is 0.418 e. The molecular weight excluding hydrogens is 1070 g/mol. The Bertz CT molecular complexity index is 4950. The maximum Gasteiger partial charge on any atom is 0.418 e. The second-order valence-electron chi connectivity index (χ2n) is 21.4. The standard InChI is InChI=1S/C77H47F3N6/c78-77(79,80)67-37-31-59(47-73(67)86-70-40-34-56(51-22-10-3-11-23-51)44-65(70)66-45-57(35-41-71(66)86)52-24-12-4-13-25-52)76-83-74(53-26-14-5-15-27-53)82-75(84-76)58-30-36-62(61-29-17-16-28-60(61)48-81)72(46-58)85-68-38-32-54(49-18-6-1-7-19-49)42-63(68)64-43-55(33-39-69(64)85)50-20-8-2-9-21-50/h1-47H. The van der Waals surface area contributed by atoms with Gasteiger partial charge in [-0.3, -0.25) is 0 Å². The third kappa shape index (κ3) is 9.14. The second kappa shape index (κ2) is 21.1. The van der Waals surface area contributed by atoms with E-state index in [0.717, 1.165) is 100.0 Å². The maximum atomic E-state index is 15.8. The number of alkyl halides is 3. The van der Waals surface area contributed by atoms with Gasteiger partial charge >= 0.3 is 6.18 Å². The summed E-state index contributed by atoms with van der Waals surface area (Å²) in [7, 11) is 0. The minimum atomic E-state index is -4.74. The van der Waals surface area contributed by atoms with Gasteiger partial charge in [0.05, 0.1) is 50.6 Å². The molecule has 15 rings (SSSR count). The van der Waals surface area contributed by atoms with Gasteiger partial charge in [0.1, 0.15) is 0 Å². The fourth-order valence-corrected chi connectivity index (χ4v) is 12.2. The molecule has 0 unspecified atom stereocenters. The summed E-state index contributed by atoms with van der Waals surface area (Å²) in [4.78, 5) is 15.5. The van der Waals surface area contributed by atoms with E-state index in [1.807, 2.05) is 188 Å². The zero-order chi connectivity index (χ0) is 57.9. The molecule has 0 spiro atoms. The average Bonchev–Trinajstić information content (AvgIpc) is 1.88. The predicted octanol–water partition coefficient (Wildman–Crippen LogP) is 20.3. The quantitative estimate of drug-likeness (QED) is 0.137. The number of halogens is 3. The molecule has 0 atom stereocenters. The van der Waals surface area contributed by atoms with E-state index in [1.54, 1.807) is 10.6 Å². The first-order valence-electron chi connectivity index (χ1n) is 28.3. The smallest absolute Gasteiger partial charge is 0.309 e. The van der Waals surface area contributed by atoms with Crippen molar-refractivity contribution in [3.05, 3.63) is 296 Å². The van der Waals surface area contributed by atoms with Gasteiger partial charge in [0.15, 0.2) is 17.5 Å². The van der Waals surface area contributed by atoms with Crippen LogP contribution in [0.25, 0.3) is 145 Å². The number of aromatic nitrogens is 5. The lowest BCUT2D eigenvalue weighted by molar-refractivity contribution is -0.137. The Labute approximate surface area is 493 Å². The molecule has 0 saturated carbocycles. The van der Waals surface area contributed by atoms with Crippen LogP contribution in [0, 0.1) is 11.3 Å². The fraction of sp³-hybridized carbons (Fsp3) is 0.0130. The topological polar surface area (TPSA) is 72.3 Å². The highest BCUT2D eigenvalue weighted by molar-refractivity contribution is 6.13. The summed E-state index contributed by atoms with van der Waals surface area (Å²) < 4.78 is 51.3. The summed E-state index contributed by atoms with van der Waals surface area (Å²) in [6, 6.07) is 95.3. The molecule has 9 heteroatoms. The van der Waals surface area contributed by atoms with E-state index in [-0.39, 0.29) is 11.5 Å². The van der Waals surface area contributed by atoms with Gasteiger partial charge in [-0.25, -0.2) is 15.0 Å². The normalized spacial score (nSPS) is 11.7. The minimum Gasteiger partial charge on any atom is -0.309 e. The Morgan fingerprint density at radius 2 is 0.616 bits per heavy atom. The molecule has 0 N–H and O–H groups in total. The lowest BCUT2D eigenvalue weighted by Gasteiger charge is -2.18. The van der Waals surface area contributed by atoms with Crippen LogP contribution >= 0.6 is 0 Å². The molecule has 0 aliphatic heterocycles. The molecule has 86 heavy (non-hydrogen) atoms. The van der Waals surface area contributed by atoms with Gasteiger partial charge in [0, 0.05) is 49.4 Å². The number of hydrogen-bond donors (Lipinski definition) is 0. The summed E-state index contributed by atoms with van der Waals surface area (Å²) in [6.07, 6.45) is -4.74. The molecular formula is C77H47F3N6. The van der Waals surface area contributed by atoms with Crippen LogP contribution in [0.1, 0.15) is 11.1 Å². The van der Waals surface area contributed by atoms with Crippen molar-refractivity contribution in [1.82, 2.24) is 24.1 Å². The molecule has 12 aromatic carbocycles. The van der Waals surface area contributed by atoms with E-state index in [4.69, 9.17) is 15.0 Å². The van der Waals surface area contributed by atoms with E-state index < -0.39 is 11.7 Å². The van der Waals surface area contributed by atoms with Crippen molar-refractivity contribution in [3.63, 3.8) is 0 Å². The van der Waals surface area contributed by atoms with Crippen LogP contribution in [0.2, 0.25) is 0 Å².